The van der Waals surface area contributed by atoms with Crippen LogP contribution in [0.15, 0.2) is 36.5 Å². The molecule has 94 valence electrons. The van der Waals surface area contributed by atoms with Crippen LogP contribution in [0.1, 0.15) is 24.3 Å². The average Bonchev–Trinajstić information content (AvgIpc) is 3.19. The summed E-state index contributed by atoms with van der Waals surface area (Å²) in [6.07, 6.45) is 4.30. The van der Waals surface area contributed by atoms with E-state index in [1.165, 1.54) is 18.4 Å². The number of aromatic nitrogens is 4. The largest absolute Gasteiger partial charge is 0.368 e. The molecule has 0 amide bonds. The first-order valence-electron chi connectivity index (χ1n) is 6.39. The van der Waals surface area contributed by atoms with E-state index >= 15 is 0 Å². The Labute approximate surface area is 110 Å². The maximum atomic E-state index is 5.98. The molecule has 2 N–H and O–H groups in total. The molecule has 1 fully saturated rings. The van der Waals surface area contributed by atoms with Gasteiger partial charge in [0.1, 0.15) is 0 Å². The van der Waals surface area contributed by atoms with Crippen molar-refractivity contribution < 1.29 is 0 Å². The van der Waals surface area contributed by atoms with Crippen LogP contribution in [0.2, 0.25) is 0 Å². The second kappa shape index (κ2) is 3.78. The van der Waals surface area contributed by atoms with Crippen LogP contribution >= 0.6 is 0 Å². The highest BCUT2D eigenvalue weighted by atomic mass is 15.3. The number of anilines is 1. The molecule has 19 heavy (non-hydrogen) atoms. The second-order valence-corrected chi connectivity index (χ2v) is 4.88. The number of hydrogen-bond acceptors (Lipinski definition) is 4. The molecule has 0 bridgehead atoms. The van der Waals surface area contributed by atoms with Crippen LogP contribution in [-0.2, 0) is 0 Å². The molecule has 2 aromatic heterocycles. The van der Waals surface area contributed by atoms with Crippen LogP contribution in [-0.4, -0.2) is 19.6 Å². The lowest BCUT2D eigenvalue weighted by atomic mass is 10.2. The quantitative estimate of drug-likeness (QED) is 0.758. The lowest BCUT2D eigenvalue weighted by Crippen LogP contribution is -2.05. The summed E-state index contributed by atoms with van der Waals surface area (Å²) in [5.41, 5.74) is 8.98. The minimum Gasteiger partial charge on any atom is -0.368 e. The molecule has 5 nitrogen and oxygen atoms in total. The molecule has 1 saturated carbocycles. The van der Waals surface area contributed by atoms with Gasteiger partial charge in [-0.1, -0.05) is 30.3 Å². The van der Waals surface area contributed by atoms with Crippen LogP contribution in [0.5, 0.6) is 0 Å². The van der Waals surface area contributed by atoms with Crippen LogP contribution in [0.3, 0.4) is 0 Å². The van der Waals surface area contributed by atoms with Gasteiger partial charge in [0, 0.05) is 11.1 Å². The predicted molar refractivity (Wildman–Crippen MR) is 72.6 cm³/mol. The highest BCUT2D eigenvalue weighted by Crippen LogP contribution is 2.41. The summed E-state index contributed by atoms with van der Waals surface area (Å²) in [4.78, 5) is 8.97. The second-order valence-electron chi connectivity index (χ2n) is 4.88. The summed E-state index contributed by atoms with van der Waals surface area (Å²) >= 11 is 0. The smallest absolute Gasteiger partial charge is 0.225 e. The van der Waals surface area contributed by atoms with Crippen molar-refractivity contribution in [2.24, 2.45) is 0 Å². The predicted octanol–water partition coefficient (Wildman–Crippen LogP) is 2.25. The van der Waals surface area contributed by atoms with Crippen molar-refractivity contribution in [3.05, 3.63) is 42.1 Å². The molecular weight excluding hydrogens is 238 g/mol. The molecule has 0 atom stereocenters. The molecule has 0 radical (unpaired) electrons. The first-order chi connectivity index (χ1) is 9.33. The van der Waals surface area contributed by atoms with Crippen molar-refractivity contribution in [1.82, 2.24) is 19.6 Å². The molecule has 0 aliphatic heterocycles. The maximum Gasteiger partial charge on any atom is 0.225 e. The van der Waals surface area contributed by atoms with Gasteiger partial charge in [-0.05, 0) is 18.8 Å². The molecule has 4 rings (SSSR count). The zero-order valence-electron chi connectivity index (χ0n) is 10.3. The highest BCUT2D eigenvalue weighted by Gasteiger charge is 2.28. The summed E-state index contributed by atoms with van der Waals surface area (Å²) in [6.45, 7) is 0. The van der Waals surface area contributed by atoms with Gasteiger partial charge >= 0.3 is 0 Å². The van der Waals surface area contributed by atoms with Gasteiger partial charge in [0.25, 0.3) is 0 Å². The van der Waals surface area contributed by atoms with Crippen molar-refractivity contribution in [3.8, 4) is 11.4 Å². The van der Waals surface area contributed by atoms with Gasteiger partial charge in [0.2, 0.25) is 5.95 Å². The van der Waals surface area contributed by atoms with Gasteiger partial charge in [-0.3, -0.25) is 0 Å². The summed E-state index contributed by atoms with van der Waals surface area (Å²) in [5.74, 6) is 1.64. The Balaban J connectivity index is 1.95. The number of nitrogens with two attached hydrogens (primary N) is 1. The van der Waals surface area contributed by atoms with Crippen LogP contribution < -0.4 is 5.73 Å². The summed E-state index contributed by atoms with van der Waals surface area (Å²) in [5, 5.41) is 4.28. The van der Waals surface area contributed by atoms with Crippen LogP contribution in [0.25, 0.3) is 17.0 Å². The fourth-order valence-corrected chi connectivity index (χ4v) is 2.31. The fourth-order valence-electron chi connectivity index (χ4n) is 2.31. The maximum absolute atomic E-state index is 5.98. The number of rotatable bonds is 2. The number of nitrogen functional groups attached to an aromatic ring is 1. The minimum absolute atomic E-state index is 0.385. The average molecular weight is 251 g/mol. The third-order valence-corrected chi connectivity index (χ3v) is 3.47. The third-order valence-electron chi connectivity index (χ3n) is 3.47. The van der Waals surface area contributed by atoms with E-state index in [0.29, 0.717) is 17.7 Å². The Hall–Kier alpha value is -2.43. The van der Waals surface area contributed by atoms with Gasteiger partial charge in [0.15, 0.2) is 11.5 Å². The standard InChI is InChI=1S/C14H13N5/c15-14-18-12(10-4-2-1-3-5-10)17-13-11(9-6-7-9)8-16-19(13)14/h1-5,8-9H,6-7H2,(H2,15,17,18). The molecule has 0 saturated heterocycles. The van der Waals surface area contributed by atoms with E-state index in [1.54, 1.807) is 4.52 Å². The highest BCUT2D eigenvalue weighted by molar-refractivity contribution is 5.62. The van der Waals surface area contributed by atoms with E-state index in [9.17, 15) is 0 Å². The Morgan fingerprint density at radius 2 is 1.89 bits per heavy atom. The minimum atomic E-state index is 0.385. The van der Waals surface area contributed by atoms with Gasteiger partial charge in [-0.2, -0.15) is 14.6 Å². The van der Waals surface area contributed by atoms with Crippen molar-refractivity contribution in [3.63, 3.8) is 0 Å². The van der Waals surface area contributed by atoms with E-state index in [-0.39, 0.29) is 0 Å². The third kappa shape index (κ3) is 1.66. The molecule has 3 aromatic rings. The number of fused-ring (bicyclic) bond motifs is 1. The SMILES string of the molecule is Nc1nc(-c2ccccc2)nc2c(C3CC3)cnn12. The van der Waals surface area contributed by atoms with Crippen molar-refractivity contribution in [2.75, 3.05) is 5.73 Å². The zero-order valence-corrected chi connectivity index (χ0v) is 10.3. The van der Waals surface area contributed by atoms with E-state index in [4.69, 9.17) is 5.73 Å². The molecule has 2 heterocycles. The normalized spacial score (nSPS) is 14.9. The number of nitrogens with zero attached hydrogens (tertiary/aromatic N) is 4. The van der Waals surface area contributed by atoms with Crippen LogP contribution in [0.4, 0.5) is 5.95 Å². The van der Waals surface area contributed by atoms with Gasteiger partial charge < -0.3 is 5.73 Å². The molecule has 1 aliphatic rings. The Kier molecular flexibility index (Phi) is 2.09. The molecule has 0 unspecified atom stereocenters. The molecule has 0 spiro atoms. The van der Waals surface area contributed by atoms with Gasteiger partial charge in [-0.25, -0.2) is 4.98 Å². The molecular formula is C14H13N5. The van der Waals surface area contributed by atoms with Crippen molar-refractivity contribution in [1.29, 1.82) is 0 Å². The summed E-state index contributed by atoms with van der Waals surface area (Å²) in [7, 11) is 0. The monoisotopic (exact) mass is 251 g/mol. The molecule has 1 aromatic carbocycles. The zero-order chi connectivity index (χ0) is 12.8. The first kappa shape index (κ1) is 10.5. The summed E-state index contributed by atoms with van der Waals surface area (Å²) < 4.78 is 1.63. The van der Waals surface area contributed by atoms with E-state index in [1.807, 2.05) is 36.5 Å². The first-order valence-corrected chi connectivity index (χ1v) is 6.39. The van der Waals surface area contributed by atoms with E-state index in [2.05, 4.69) is 15.1 Å². The van der Waals surface area contributed by atoms with Crippen molar-refractivity contribution >= 4 is 11.6 Å². The van der Waals surface area contributed by atoms with Gasteiger partial charge in [0.05, 0.1) is 6.20 Å². The molecule has 1 aliphatic carbocycles. The Morgan fingerprint density at radius 3 is 2.63 bits per heavy atom. The lowest BCUT2D eigenvalue weighted by Gasteiger charge is -2.04. The fraction of sp³-hybridized carbons (Fsp3) is 0.214. The Morgan fingerprint density at radius 1 is 1.11 bits per heavy atom. The van der Waals surface area contributed by atoms with E-state index < -0.39 is 0 Å². The van der Waals surface area contributed by atoms with Gasteiger partial charge in [-0.15, -0.1) is 0 Å². The number of benzene rings is 1. The topological polar surface area (TPSA) is 69.1 Å². The van der Waals surface area contributed by atoms with E-state index in [0.717, 1.165) is 11.2 Å². The van der Waals surface area contributed by atoms with Crippen molar-refractivity contribution in [2.45, 2.75) is 18.8 Å². The van der Waals surface area contributed by atoms with Crippen LogP contribution in [0, 0.1) is 0 Å². The summed E-state index contributed by atoms with van der Waals surface area (Å²) in [6, 6.07) is 9.88. The lowest BCUT2D eigenvalue weighted by molar-refractivity contribution is 0.912. The number of hydrogen-bond donors (Lipinski definition) is 1. The molecule has 5 heteroatoms. The Bertz CT molecular complexity index is 743.